The fraction of sp³-hybridized carbons (Fsp3) is 0.778. The van der Waals surface area contributed by atoms with Crippen LogP contribution in [-0.2, 0) is 9.59 Å². The lowest BCUT2D eigenvalue weighted by Crippen LogP contribution is -2.42. The molecule has 0 aliphatic rings. The normalized spacial score (nSPS) is 17.9. The summed E-state index contributed by atoms with van der Waals surface area (Å²) in [4.78, 5) is 21.6. The molecule has 0 heterocycles. The summed E-state index contributed by atoms with van der Waals surface area (Å²) in [5.74, 6) is -3.22. The minimum atomic E-state index is -1.20. The summed E-state index contributed by atoms with van der Waals surface area (Å²) in [7, 11) is 0. The minimum Gasteiger partial charge on any atom is -0.481 e. The highest BCUT2D eigenvalue weighted by atomic mass is 16.4. The van der Waals surface area contributed by atoms with Gasteiger partial charge in [0, 0.05) is 0 Å². The van der Waals surface area contributed by atoms with Gasteiger partial charge in [-0.25, -0.2) is 0 Å². The van der Waals surface area contributed by atoms with Gasteiger partial charge in [0.25, 0.3) is 0 Å². The number of aliphatic carboxylic acids is 2. The summed E-state index contributed by atoms with van der Waals surface area (Å²) < 4.78 is 0. The van der Waals surface area contributed by atoms with Crippen LogP contribution in [0.15, 0.2) is 0 Å². The second-order valence-electron chi connectivity index (χ2n) is 3.80. The first kappa shape index (κ1) is 11.9. The largest absolute Gasteiger partial charge is 0.481 e. The van der Waals surface area contributed by atoms with Crippen molar-refractivity contribution in [2.75, 3.05) is 0 Å². The maximum absolute atomic E-state index is 10.9. The summed E-state index contributed by atoms with van der Waals surface area (Å²) in [6.07, 6.45) is 0. The molecule has 0 aliphatic heterocycles. The topological polar surface area (TPSA) is 74.6 Å². The molecule has 0 rings (SSSR count). The lowest BCUT2D eigenvalue weighted by molar-refractivity contribution is -0.163. The second-order valence-corrected chi connectivity index (χ2v) is 3.80. The van der Waals surface area contributed by atoms with E-state index >= 15 is 0 Å². The second kappa shape index (κ2) is 3.77. The van der Waals surface area contributed by atoms with Crippen LogP contribution in [0, 0.1) is 17.3 Å². The van der Waals surface area contributed by atoms with Gasteiger partial charge in [-0.2, -0.15) is 0 Å². The number of carboxylic acids is 2. The Kier molecular flexibility index (Phi) is 3.46. The smallest absolute Gasteiger partial charge is 0.310 e. The van der Waals surface area contributed by atoms with Gasteiger partial charge in [-0.15, -0.1) is 0 Å². The fourth-order valence-electron chi connectivity index (χ4n) is 1.19. The van der Waals surface area contributed by atoms with E-state index < -0.39 is 23.3 Å². The van der Waals surface area contributed by atoms with E-state index in [0.29, 0.717) is 0 Å². The Balaban J connectivity index is 5.01. The monoisotopic (exact) mass is 188 g/mol. The molecule has 2 N–H and O–H groups in total. The van der Waals surface area contributed by atoms with E-state index in [4.69, 9.17) is 10.2 Å². The lowest BCUT2D eigenvalue weighted by Gasteiger charge is -2.32. The number of hydrogen-bond acceptors (Lipinski definition) is 2. The molecule has 0 saturated heterocycles. The fourth-order valence-corrected chi connectivity index (χ4v) is 1.19. The lowest BCUT2D eigenvalue weighted by atomic mass is 9.70. The maximum atomic E-state index is 10.9. The molecule has 0 aromatic heterocycles. The molecule has 0 saturated carbocycles. The van der Waals surface area contributed by atoms with Gasteiger partial charge in [0.05, 0.1) is 11.3 Å². The van der Waals surface area contributed by atoms with Crippen LogP contribution in [0.2, 0.25) is 0 Å². The van der Waals surface area contributed by atoms with Crippen molar-refractivity contribution in [2.24, 2.45) is 17.3 Å². The van der Waals surface area contributed by atoms with Crippen LogP contribution < -0.4 is 0 Å². The van der Waals surface area contributed by atoms with E-state index in [-0.39, 0.29) is 5.92 Å². The molecule has 2 atom stereocenters. The Hall–Kier alpha value is -1.06. The molecule has 0 amide bonds. The zero-order chi connectivity index (χ0) is 10.8. The van der Waals surface area contributed by atoms with E-state index in [0.717, 1.165) is 0 Å². The van der Waals surface area contributed by atoms with Crippen molar-refractivity contribution >= 4 is 11.9 Å². The third-order valence-corrected chi connectivity index (χ3v) is 2.93. The summed E-state index contributed by atoms with van der Waals surface area (Å²) in [6, 6.07) is 0. The molecule has 0 fully saturated rings. The highest BCUT2D eigenvalue weighted by Crippen LogP contribution is 2.35. The predicted octanol–water partition coefficient (Wildman–Crippen LogP) is 1.45. The van der Waals surface area contributed by atoms with Crippen molar-refractivity contribution in [3.05, 3.63) is 0 Å². The highest BCUT2D eigenvalue weighted by Gasteiger charge is 2.45. The van der Waals surface area contributed by atoms with Crippen molar-refractivity contribution in [3.63, 3.8) is 0 Å². The molecule has 0 aromatic rings. The predicted molar refractivity (Wildman–Crippen MR) is 47.4 cm³/mol. The molecule has 13 heavy (non-hydrogen) atoms. The Labute approximate surface area is 77.6 Å². The molecular weight excluding hydrogens is 172 g/mol. The average molecular weight is 188 g/mol. The molecule has 4 heteroatoms. The number of carbonyl (C=O) groups is 2. The Morgan fingerprint density at radius 3 is 1.62 bits per heavy atom. The summed E-state index contributed by atoms with van der Waals surface area (Å²) in [6.45, 7) is 6.33. The summed E-state index contributed by atoms with van der Waals surface area (Å²) in [5, 5.41) is 17.7. The molecule has 0 bridgehead atoms. The summed E-state index contributed by atoms with van der Waals surface area (Å²) in [5.41, 5.74) is -1.20. The van der Waals surface area contributed by atoms with Crippen molar-refractivity contribution in [2.45, 2.75) is 27.7 Å². The van der Waals surface area contributed by atoms with Gasteiger partial charge in [0.1, 0.15) is 0 Å². The van der Waals surface area contributed by atoms with Crippen LogP contribution in [0.5, 0.6) is 0 Å². The quantitative estimate of drug-likeness (QED) is 0.700. The Bertz CT molecular complexity index is 222. The van der Waals surface area contributed by atoms with E-state index in [2.05, 4.69) is 0 Å². The van der Waals surface area contributed by atoms with Gasteiger partial charge in [-0.3, -0.25) is 9.59 Å². The van der Waals surface area contributed by atoms with Crippen LogP contribution in [0.1, 0.15) is 27.7 Å². The Morgan fingerprint density at radius 1 is 1.15 bits per heavy atom. The van der Waals surface area contributed by atoms with E-state index in [1.54, 1.807) is 13.8 Å². The van der Waals surface area contributed by atoms with Gasteiger partial charge in [0.2, 0.25) is 0 Å². The van der Waals surface area contributed by atoms with Crippen LogP contribution in [0.4, 0.5) is 0 Å². The van der Waals surface area contributed by atoms with E-state index in [1.165, 1.54) is 13.8 Å². The first-order valence-corrected chi connectivity index (χ1v) is 4.20. The zero-order valence-corrected chi connectivity index (χ0v) is 8.37. The third-order valence-electron chi connectivity index (χ3n) is 2.93. The molecule has 0 aromatic carbocycles. The van der Waals surface area contributed by atoms with Gasteiger partial charge in [0.15, 0.2) is 0 Å². The van der Waals surface area contributed by atoms with Crippen LogP contribution in [0.3, 0.4) is 0 Å². The van der Waals surface area contributed by atoms with Gasteiger partial charge in [-0.1, -0.05) is 20.8 Å². The molecule has 76 valence electrons. The molecule has 0 radical (unpaired) electrons. The Morgan fingerprint density at radius 2 is 1.54 bits per heavy atom. The van der Waals surface area contributed by atoms with Crippen molar-refractivity contribution in [1.29, 1.82) is 0 Å². The molecule has 0 spiro atoms. The minimum absolute atomic E-state index is 0.212. The molecule has 4 nitrogen and oxygen atoms in total. The van der Waals surface area contributed by atoms with Crippen LogP contribution in [0.25, 0.3) is 0 Å². The van der Waals surface area contributed by atoms with Crippen LogP contribution in [-0.4, -0.2) is 22.2 Å². The third kappa shape index (κ3) is 1.99. The van der Waals surface area contributed by atoms with Crippen molar-refractivity contribution < 1.29 is 19.8 Å². The average Bonchev–Trinajstić information content (AvgIpc) is 2.00. The zero-order valence-electron chi connectivity index (χ0n) is 8.37. The highest BCUT2D eigenvalue weighted by molar-refractivity contribution is 5.83. The SMILES string of the molecule is CC(C)C(C)(C(=O)O)C(C)C(=O)O. The molecule has 2 unspecified atom stereocenters. The maximum Gasteiger partial charge on any atom is 0.310 e. The first-order chi connectivity index (χ1) is 5.74. The number of hydrogen-bond donors (Lipinski definition) is 2. The standard InChI is InChI=1S/C9H16O4/c1-5(2)9(4,8(12)13)6(3)7(10)11/h5-6H,1-4H3,(H,10,11)(H,12,13). The van der Waals surface area contributed by atoms with Gasteiger partial charge >= 0.3 is 11.9 Å². The number of rotatable bonds is 4. The van der Waals surface area contributed by atoms with Crippen molar-refractivity contribution in [3.8, 4) is 0 Å². The van der Waals surface area contributed by atoms with Gasteiger partial charge in [-0.05, 0) is 12.8 Å². The summed E-state index contributed by atoms with van der Waals surface area (Å²) >= 11 is 0. The van der Waals surface area contributed by atoms with Gasteiger partial charge < -0.3 is 10.2 Å². The molecule has 0 aliphatic carbocycles. The van der Waals surface area contributed by atoms with E-state index in [9.17, 15) is 9.59 Å². The first-order valence-electron chi connectivity index (χ1n) is 4.20. The number of carboxylic acid groups (broad SMARTS) is 2. The molecular formula is C9H16O4. The van der Waals surface area contributed by atoms with Crippen molar-refractivity contribution in [1.82, 2.24) is 0 Å². The van der Waals surface area contributed by atoms with E-state index in [1.807, 2.05) is 0 Å². The van der Waals surface area contributed by atoms with Crippen LogP contribution >= 0.6 is 0 Å².